The van der Waals surface area contributed by atoms with Gasteiger partial charge in [-0.25, -0.2) is 4.98 Å². The first-order valence-electron chi connectivity index (χ1n) is 10.8. The van der Waals surface area contributed by atoms with Crippen LogP contribution >= 0.6 is 0 Å². The number of hydrogen-bond donors (Lipinski definition) is 1. The minimum absolute atomic E-state index is 0.0206. The van der Waals surface area contributed by atoms with Gasteiger partial charge in [0.1, 0.15) is 5.82 Å². The van der Waals surface area contributed by atoms with E-state index in [-0.39, 0.29) is 5.91 Å². The number of fused-ring (bicyclic) bond motifs is 1. The molecule has 4 rings (SSSR count). The molecule has 1 fully saturated rings. The summed E-state index contributed by atoms with van der Waals surface area (Å²) in [5.74, 6) is 1.51. The molecule has 1 aliphatic rings. The van der Waals surface area contributed by atoms with Crippen molar-refractivity contribution in [3.05, 3.63) is 41.5 Å². The van der Waals surface area contributed by atoms with Gasteiger partial charge in [0.2, 0.25) is 5.91 Å². The number of nitrogens with zero attached hydrogens (tertiary/aromatic N) is 5. The molecule has 1 atom stereocenters. The van der Waals surface area contributed by atoms with Crippen LogP contribution in [0.25, 0.3) is 11.0 Å². The van der Waals surface area contributed by atoms with Crippen molar-refractivity contribution in [3.8, 4) is 0 Å². The SMILES string of the molecule is Cc1nn(C)c(C)c1NC(=O)CN1CCC[C@@H](c2nc3ccccc3n2C(C)C)C1. The van der Waals surface area contributed by atoms with Gasteiger partial charge in [0.15, 0.2) is 0 Å². The predicted octanol–water partition coefficient (Wildman–Crippen LogP) is 3.79. The number of aryl methyl sites for hydroxylation is 2. The highest BCUT2D eigenvalue weighted by molar-refractivity contribution is 5.93. The molecule has 30 heavy (non-hydrogen) atoms. The fraction of sp³-hybridized carbons (Fsp3) is 0.522. The second-order valence-electron chi connectivity index (χ2n) is 8.71. The molecule has 1 amide bonds. The van der Waals surface area contributed by atoms with Gasteiger partial charge >= 0.3 is 0 Å². The van der Waals surface area contributed by atoms with Gasteiger partial charge in [-0.05, 0) is 59.2 Å². The van der Waals surface area contributed by atoms with Crippen LogP contribution in [0, 0.1) is 13.8 Å². The molecule has 1 aliphatic heterocycles. The summed E-state index contributed by atoms with van der Waals surface area (Å²) >= 11 is 0. The van der Waals surface area contributed by atoms with E-state index in [1.807, 2.05) is 27.0 Å². The van der Waals surface area contributed by atoms with Crippen LogP contribution in [0.15, 0.2) is 24.3 Å². The third-order valence-corrected chi connectivity index (χ3v) is 6.15. The molecule has 0 spiro atoms. The van der Waals surface area contributed by atoms with Gasteiger partial charge in [-0.1, -0.05) is 12.1 Å². The highest BCUT2D eigenvalue weighted by atomic mass is 16.2. The number of hydrogen-bond acceptors (Lipinski definition) is 4. The van der Waals surface area contributed by atoms with Crippen molar-refractivity contribution < 1.29 is 4.79 Å². The van der Waals surface area contributed by atoms with E-state index in [1.165, 1.54) is 5.52 Å². The average molecular weight is 409 g/mol. The zero-order valence-corrected chi connectivity index (χ0v) is 18.6. The molecule has 0 saturated carbocycles. The molecule has 1 aromatic carbocycles. The summed E-state index contributed by atoms with van der Waals surface area (Å²) in [7, 11) is 1.90. The van der Waals surface area contributed by atoms with Crippen molar-refractivity contribution >= 4 is 22.6 Å². The number of rotatable bonds is 5. The summed E-state index contributed by atoms with van der Waals surface area (Å²) in [4.78, 5) is 20.0. The van der Waals surface area contributed by atoms with Crippen molar-refractivity contribution in [1.82, 2.24) is 24.2 Å². The van der Waals surface area contributed by atoms with Crippen molar-refractivity contribution in [2.45, 2.75) is 52.5 Å². The summed E-state index contributed by atoms with van der Waals surface area (Å²) in [6.45, 7) is 10.5. The number of anilines is 1. The zero-order valence-electron chi connectivity index (χ0n) is 18.6. The molecule has 2 aromatic heterocycles. The summed E-state index contributed by atoms with van der Waals surface area (Å²) in [5, 5.41) is 7.45. The maximum absolute atomic E-state index is 12.7. The number of carbonyl (C=O) groups is 1. The van der Waals surface area contributed by atoms with Crippen LogP contribution in [0.3, 0.4) is 0 Å². The Bertz CT molecular complexity index is 1060. The number of amides is 1. The van der Waals surface area contributed by atoms with Gasteiger partial charge in [0.25, 0.3) is 0 Å². The van der Waals surface area contributed by atoms with Crippen molar-refractivity contribution in [2.24, 2.45) is 7.05 Å². The van der Waals surface area contributed by atoms with E-state index in [9.17, 15) is 4.79 Å². The van der Waals surface area contributed by atoms with Crippen molar-refractivity contribution in [1.29, 1.82) is 0 Å². The molecule has 160 valence electrons. The number of carbonyl (C=O) groups excluding carboxylic acids is 1. The third-order valence-electron chi connectivity index (χ3n) is 6.15. The predicted molar refractivity (Wildman–Crippen MR) is 120 cm³/mol. The van der Waals surface area contributed by atoms with Gasteiger partial charge in [0, 0.05) is 25.6 Å². The molecule has 1 saturated heterocycles. The van der Waals surface area contributed by atoms with E-state index >= 15 is 0 Å². The lowest BCUT2D eigenvalue weighted by atomic mass is 9.96. The van der Waals surface area contributed by atoms with Gasteiger partial charge in [-0.15, -0.1) is 0 Å². The topological polar surface area (TPSA) is 68.0 Å². The second-order valence-corrected chi connectivity index (χ2v) is 8.71. The van der Waals surface area contributed by atoms with Crippen LogP contribution in [0.5, 0.6) is 0 Å². The van der Waals surface area contributed by atoms with E-state index < -0.39 is 0 Å². The number of piperidine rings is 1. The highest BCUT2D eigenvalue weighted by Crippen LogP contribution is 2.31. The maximum Gasteiger partial charge on any atom is 0.238 e. The lowest BCUT2D eigenvalue weighted by Gasteiger charge is -2.32. The van der Waals surface area contributed by atoms with Crippen LogP contribution < -0.4 is 5.32 Å². The number of benzene rings is 1. The Morgan fingerprint density at radius 3 is 2.73 bits per heavy atom. The third kappa shape index (κ3) is 3.86. The Labute approximate surface area is 178 Å². The monoisotopic (exact) mass is 408 g/mol. The first-order chi connectivity index (χ1) is 14.3. The van der Waals surface area contributed by atoms with Crippen LogP contribution in [0.2, 0.25) is 0 Å². The molecular weight excluding hydrogens is 376 g/mol. The summed E-state index contributed by atoms with van der Waals surface area (Å²) in [6.07, 6.45) is 2.18. The zero-order chi connectivity index (χ0) is 21.4. The summed E-state index contributed by atoms with van der Waals surface area (Å²) in [5.41, 5.74) is 4.91. The standard InChI is InChI=1S/C23H32N6O/c1-15(2)29-20-11-7-6-10-19(20)24-23(29)18-9-8-12-28(13-18)14-21(30)25-22-16(3)26-27(5)17(22)4/h6-7,10-11,15,18H,8-9,12-14H2,1-5H3,(H,25,30)/t18-/m1/s1. The Hall–Kier alpha value is -2.67. The average Bonchev–Trinajstić information content (AvgIpc) is 3.21. The van der Waals surface area contributed by atoms with Crippen molar-refractivity contribution in [2.75, 3.05) is 25.0 Å². The fourth-order valence-corrected chi connectivity index (χ4v) is 4.64. The molecule has 0 aliphatic carbocycles. The van der Waals surface area contributed by atoms with Crippen LogP contribution in [-0.2, 0) is 11.8 Å². The molecule has 3 heterocycles. The molecule has 0 unspecified atom stereocenters. The molecule has 1 N–H and O–H groups in total. The van der Waals surface area contributed by atoms with Crippen LogP contribution in [0.4, 0.5) is 5.69 Å². The Morgan fingerprint density at radius 1 is 1.27 bits per heavy atom. The van der Waals surface area contributed by atoms with E-state index in [2.05, 4.69) is 51.9 Å². The molecule has 3 aromatic rings. The van der Waals surface area contributed by atoms with Crippen LogP contribution in [0.1, 0.15) is 55.9 Å². The Balaban J connectivity index is 1.49. The summed E-state index contributed by atoms with van der Waals surface area (Å²) in [6, 6.07) is 8.71. The van der Waals surface area contributed by atoms with Gasteiger partial charge in [-0.2, -0.15) is 5.10 Å². The number of likely N-dealkylation sites (tertiary alicyclic amines) is 1. The number of aromatic nitrogens is 4. The van der Waals surface area contributed by atoms with E-state index in [1.54, 1.807) is 4.68 Å². The largest absolute Gasteiger partial charge is 0.325 e. The molecule has 7 nitrogen and oxygen atoms in total. The lowest BCUT2D eigenvalue weighted by molar-refractivity contribution is -0.117. The highest BCUT2D eigenvalue weighted by Gasteiger charge is 2.28. The molecule has 0 bridgehead atoms. The number of para-hydroxylation sites is 2. The molecular formula is C23H32N6O. The van der Waals surface area contributed by atoms with Crippen molar-refractivity contribution in [3.63, 3.8) is 0 Å². The maximum atomic E-state index is 12.7. The normalized spacial score (nSPS) is 17.7. The first kappa shape index (κ1) is 20.6. The quantitative estimate of drug-likeness (QED) is 0.698. The number of nitrogens with one attached hydrogen (secondary N) is 1. The minimum Gasteiger partial charge on any atom is -0.325 e. The summed E-state index contributed by atoms with van der Waals surface area (Å²) < 4.78 is 4.17. The fourth-order valence-electron chi connectivity index (χ4n) is 4.64. The lowest BCUT2D eigenvalue weighted by Crippen LogP contribution is -2.40. The van der Waals surface area contributed by atoms with Crippen LogP contribution in [-0.4, -0.2) is 49.8 Å². The van der Waals surface area contributed by atoms with E-state index in [4.69, 9.17) is 4.98 Å². The second kappa shape index (κ2) is 8.22. The molecule has 0 radical (unpaired) electrons. The Morgan fingerprint density at radius 2 is 2.03 bits per heavy atom. The van der Waals surface area contributed by atoms with E-state index in [0.29, 0.717) is 18.5 Å². The first-order valence-corrected chi connectivity index (χ1v) is 10.8. The van der Waals surface area contributed by atoms with E-state index in [0.717, 1.165) is 54.3 Å². The van der Waals surface area contributed by atoms with Gasteiger partial charge in [0.05, 0.1) is 34.7 Å². The van der Waals surface area contributed by atoms with Gasteiger partial charge < -0.3 is 9.88 Å². The minimum atomic E-state index is 0.0206. The smallest absolute Gasteiger partial charge is 0.238 e. The Kier molecular flexibility index (Phi) is 5.64. The molecule has 7 heteroatoms. The van der Waals surface area contributed by atoms with Gasteiger partial charge in [-0.3, -0.25) is 14.4 Å². The number of imidazole rings is 1.